The molecule has 3 atom stereocenters. The molecule has 5 heteroatoms. The number of amides is 1. The van der Waals surface area contributed by atoms with Crippen LogP contribution < -0.4 is 5.32 Å². The van der Waals surface area contributed by atoms with Crippen molar-refractivity contribution in [1.29, 1.82) is 0 Å². The number of carbonyl (C=O) groups is 1. The Morgan fingerprint density at radius 1 is 1.35 bits per heavy atom. The molecular weight excluding hydrogens is 317 g/mol. The summed E-state index contributed by atoms with van der Waals surface area (Å²) in [6.45, 7) is 5.78. The Labute approximate surface area is 134 Å². The Bertz CT molecular complexity index is 514. The molecule has 0 unspecified atom stereocenters. The van der Waals surface area contributed by atoms with Crippen LogP contribution in [0.4, 0.5) is 0 Å². The average molecular weight is 335 g/mol. The second-order valence-electron chi connectivity index (χ2n) is 5.42. The molecule has 20 heavy (non-hydrogen) atoms. The van der Waals surface area contributed by atoms with Gasteiger partial charge in [-0.2, -0.15) is 0 Å². The number of rotatable bonds is 4. The van der Waals surface area contributed by atoms with Crippen LogP contribution in [0, 0.1) is 11.3 Å². The van der Waals surface area contributed by atoms with Crippen LogP contribution in [0.15, 0.2) is 24.3 Å². The maximum Gasteiger partial charge on any atom is 0.230 e. The van der Waals surface area contributed by atoms with Crippen LogP contribution in [0.3, 0.4) is 0 Å². The van der Waals surface area contributed by atoms with Gasteiger partial charge in [-0.1, -0.05) is 37.6 Å². The third-order valence-corrected chi connectivity index (χ3v) is 6.06. The number of nitrogens with one attached hydrogen (secondary N) is 1. The summed E-state index contributed by atoms with van der Waals surface area (Å²) in [5, 5.41) is 3.68. The van der Waals surface area contributed by atoms with Crippen LogP contribution in [-0.2, 0) is 4.79 Å². The lowest BCUT2D eigenvalue weighted by atomic mass is 9.98. The van der Waals surface area contributed by atoms with Crippen molar-refractivity contribution in [2.45, 2.75) is 37.6 Å². The minimum absolute atomic E-state index is 0.0410. The lowest BCUT2D eigenvalue weighted by Crippen LogP contribution is -2.36. The number of benzene rings is 1. The Hall–Kier alpha value is -0.440. The standard InChI is InChI=1S/C15H18Cl3NO/c1-4-14(10(3)15(14,17)18)13(20)19-9(2)11-5-7-12(16)8-6-11/h5-10H,4H2,1-3H3,(H,19,20)/t9-,10-,14-/m1/s1. The molecule has 1 amide bonds. The smallest absolute Gasteiger partial charge is 0.230 e. The molecule has 0 aromatic heterocycles. The Morgan fingerprint density at radius 2 is 1.85 bits per heavy atom. The molecule has 1 saturated carbocycles. The van der Waals surface area contributed by atoms with E-state index in [1.807, 2.05) is 45.0 Å². The fourth-order valence-corrected chi connectivity index (χ4v) is 4.01. The highest BCUT2D eigenvalue weighted by atomic mass is 35.5. The molecule has 1 aromatic rings. The first-order valence-corrected chi connectivity index (χ1v) is 7.85. The van der Waals surface area contributed by atoms with Crippen molar-refractivity contribution < 1.29 is 4.79 Å². The summed E-state index contributed by atoms with van der Waals surface area (Å²) in [4.78, 5) is 12.5. The van der Waals surface area contributed by atoms with E-state index >= 15 is 0 Å². The van der Waals surface area contributed by atoms with Crippen molar-refractivity contribution >= 4 is 40.7 Å². The van der Waals surface area contributed by atoms with Crippen LogP contribution in [-0.4, -0.2) is 10.2 Å². The molecule has 1 aliphatic rings. The summed E-state index contributed by atoms with van der Waals surface area (Å²) in [6, 6.07) is 7.30. The summed E-state index contributed by atoms with van der Waals surface area (Å²) in [6.07, 6.45) is 0.625. The lowest BCUT2D eigenvalue weighted by Gasteiger charge is -2.20. The van der Waals surface area contributed by atoms with Crippen molar-refractivity contribution in [3.8, 4) is 0 Å². The van der Waals surface area contributed by atoms with Crippen LogP contribution in [0.1, 0.15) is 38.8 Å². The number of hydrogen-bond donors (Lipinski definition) is 1. The lowest BCUT2D eigenvalue weighted by molar-refractivity contribution is -0.127. The third kappa shape index (κ3) is 2.32. The summed E-state index contributed by atoms with van der Waals surface area (Å²) >= 11 is 18.4. The second-order valence-corrected chi connectivity index (χ2v) is 7.24. The quantitative estimate of drug-likeness (QED) is 0.792. The van der Waals surface area contributed by atoms with E-state index in [1.54, 1.807) is 0 Å². The van der Waals surface area contributed by atoms with Crippen molar-refractivity contribution in [2.24, 2.45) is 11.3 Å². The highest BCUT2D eigenvalue weighted by Gasteiger charge is 2.76. The van der Waals surface area contributed by atoms with Gasteiger partial charge < -0.3 is 5.32 Å². The third-order valence-electron chi connectivity index (χ3n) is 4.47. The first-order valence-electron chi connectivity index (χ1n) is 6.71. The largest absolute Gasteiger partial charge is 0.349 e. The summed E-state index contributed by atoms with van der Waals surface area (Å²) in [7, 11) is 0. The van der Waals surface area contributed by atoms with E-state index in [0.29, 0.717) is 11.4 Å². The molecule has 0 radical (unpaired) electrons. The Balaban J connectivity index is 2.11. The van der Waals surface area contributed by atoms with Gasteiger partial charge >= 0.3 is 0 Å². The van der Waals surface area contributed by atoms with E-state index in [-0.39, 0.29) is 17.9 Å². The van der Waals surface area contributed by atoms with Crippen molar-refractivity contribution in [1.82, 2.24) is 5.32 Å². The fourth-order valence-electron chi connectivity index (χ4n) is 2.85. The van der Waals surface area contributed by atoms with Crippen molar-refractivity contribution in [2.75, 3.05) is 0 Å². The topological polar surface area (TPSA) is 29.1 Å². The molecule has 0 spiro atoms. The normalized spacial score (nSPS) is 28.8. The Morgan fingerprint density at radius 3 is 2.25 bits per heavy atom. The second kappa shape index (κ2) is 5.40. The predicted molar refractivity (Wildman–Crippen MR) is 84.3 cm³/mol. The maximum absolute atomic E-state index is 12.5. The van der Waals surface area contributed by atoms with Gasteiger partial charge in [-0.3, -0.25) is 4.79 Å². The van der Waals surface area contributed by atoms with E-state index in [0.717, 1.165) is 5.56 Å². The van der Waals surface area contributed by atoms with Crippen molar-refractivity contribution in [3.05, 3.63) is 34.9 Å². The van der Waals surface area contributed by atoms with E-state index < -0.39 is 9.75 Å². The van der Waals surface area contributed by atoms with Gasteiger partial charge in [0, 0.05) is 10.9 Å². The van der Waals surface area contributed by atoms with Gasteiger partial charge in [-0.05, 0) is 31.0 Å². The first-order chi connectivity index (χ1) is 9.27. The Kier molecular flexibility index (Phi) is 4.30. The van der Waals surface area contributed by atoms with Gasteiger partial charge in [0.15, 0.2) is 0 Å². The minimum atomic E-state index is -0.967. The van der Waals surface area contributed by atoms with Gasteiger partial charge in [0.1, 0.15) is 4.33 Å². The molecule has 0 saturated heterocycles. The highest BCUT2D eigenvalue weighted by Crippen LogP contribution is 2.70. The number of alkyl halides is 2. The monoisotopic (exact) mass is 333 g/mol. The zero-order valence-electron chi connectivity index (χ0n) is 11.7. The van der Waals surface area contributed by atoms with E-state index in [2.05, 4.69) is 5.32 Å². The number of hydrogen-bond acceptors (Lipinski definition) is 1. The van der Waals surface area contributed by atoms with Gasteiger partial charge in [-0.25, -0.2) is 0 Å². The first kappa shape index (κ1) is 15.9. The number of halogens is 3. The van der Waals surface area contributed by atoms with E-state index in [9.17, 15) is 4.79 Å². The SMILES string of the molecule is CC[C@]1(C(=O)N[C@H](C)c2ccc(Cl)cc2)[C@@H](C)C1(Cl)Cl. The maximum atomic E-state index is 12.5. The van der Waals surface area contributed by atoms with Gasteiger partial charge in [0.25, 0.3) is 0 Å². The summed E-state index contributed by atoms with van der Waals surface area (Å²) < 4.78 is -0.967. The van der Waals surface area contributed by atoms with E-state index in [1.165, 1.54) is 0 Å². The molecular formula is C15H18Cl3NO. The average Bonchev–Trinajstić information content (AvgIpc) is 2.84. The summed E-state index contributed by atoms with van der Waals surface area (Å²) in [5.74, 6) is -0.124. The highest BCUT2D eigenvalue weighted by molar-refractivity contribution is 6.53. The molecule has 2 rings (SSSR count). The summed E-state index contributed by atoms with van der Waals surface area (Å²) in [5.41, 5.74) is 0.314. The van der Waals surface area contributed by atoms with Gasteiger partial charge in [0.05, 0.1) is 11.5 Å². The van der Waals surface area contributed by atoms with E-state index in [4.69, 9.17) is 34.8 Å². The molecule has 1 N–H and O–H groups in total. The van der Waals surface area contributed by atoms with Gasteiger partial charge in [0.2, 0.25) is 5.91 Å². The molecule has 0 aliphatic heterocycles. The fraction of sp³-hybridized carbons (Fsp3) is 0.533. The van der Waals surface area contributed by atoms with Crippen LogP contribution in [0.2, 0.25) is 5.02 Å². The van der Waals surface area contributed by atoms with Crippen LogP contribution >= 0.6 is 34.8 Å². The molecule has 0 heterocycles. The zero-order valence-corrected chi connectivity index (χ0v) is 14.0. The molecule has 110 valence electrons. The molecule has 0 bridgehead atoms. The predicted octanol–water partition coefficient (Wildman–Crippen LogP) is 4.74. The number of carbonyl (C=O) groups excluding carboxylic acids is 1. The zero-order chi connectivity index (χ0) is 15.1. The van der Waals surface area contributed by atoms with Crippen molar-refractivity contribution in [3.63, 3.8) is 0 Å². The molecule has 2 nitrogen and oxygen atoms in total. The minimum Gasteiger partial charge on any atom is -0.349 e. The van der Waals surface area contributed by atoms with Crippen LogP contribution in [0.25, 0.3) is 0 Å². The molecule has 1 aliphatic carbocycles. The molecule has 1 fully saturated rings. The van der Waals surface area contributed by atoms with Crippen LogP contribution in [0.5, 0.6) is 0 Å². The van der Waals surface area contributed by atoms with Gasteiger partial charge in [-0.15, -0.1) is 23.2 Å². The molecule has 1 aromatic carbocycles.